The first kappa shape index (κ1) is 14.7. The summed E-state index contributed by atoms with van der Waals surface area (Å²) in [6, 6.07) is 10.1. The summed E-state index contributed by atoms with van der Waals surface area (Å²) < 4.78 is 0. The quantitative estimate of drug-likeness (QED) is 0.791. The highest BCUT2D eigenvalue weighted by Gasteiger charge is 2.15. The molecule has 0 bridgehead atoms. The lowest BCUT2D eigenvalue weighted by atomic mass is 9.99. The van der Waals surface area contributed by atoms with E-state index in [4.69, 9.17) is 5.26 Å². The van der Waals surface area contributed by atoms with Gasteiger partial charge in [0.15, 0.2) is 0 Å². The first-order chi connectivity index (χ1) is 8.78. The molecule has 0 saturated carbocycles. The van der Waals surface area contributed by atoms with Gasteiger partial charge in [0.1, 0.15) is 0 Å². The maximum atomic E-state index is 8.84. The van der Waals surface area contributed by atoms with Crippen LogP contribution in [0.2, 0.25) is 0 Å². The Bertz CT molecular complexity index is 384. The Labute approximate surface area is 111 Å². The van der Waals surface area contributed by atoms with Gasteiger partial charge in [-0.2, -0.15) is 5.26 Å². The summed E-state index contributed by atoms with van der Waals surface area (Å²) >= 11 is 0. The summed E-state index contributed by atoms with van der Waals surface area (Å²) in [5, 5.41) is 8.84. The van der Waals surface area contributed by atoms with Gasteiger partial charge in [0, 0.05) is 6.54 Å². The summed E-state index contributed by atoms with van der Waals surface area (Å²) in [6.45, 7) is 9.70. The van der Waals surface area contributed by atoms with E-state index in [0.717, 1.165) is 18.0 Å². The van der Waals surface area contributed by atoms with E-state index >= 15 is 0 Å². The monoisotopic (exact) mass is 244 g/mol. The summed E-state index contributed by atoms with van der Waals surface area (Å²) in [6.07, 6.45) is 2.61. The Hall–Kier alpha value is -1.33. The molecule has 98 valence electrons. The second-order valence-corrected chi connectivity index (χ2v) is 4.77. The van der Waals surface area contributed by atoms with Crippen LogP contribution in [0.5, 0.6) is 0 Å². The number of benzene rings is 1. The zero-order chi connectivity index (χ0) is 13.4. The van der Waals surface area contributed by atoms with Crippen molar-refractivity contribution in [2.24, 2.45) is 5.92 Å². The number of nitriles is 1. The maximum absolute atomic E-state index is 8.84. The first-order valence-corrected chi connectivity index (χ1v) is 6.99. The Morgan fingerprint density at radius 1 is 1.28 bits per heavy atom. The minimum absolute atomic E-state index is 0.767. The molecular formula is C16H24N2. The van der Waals surface area contributed by atoms with E-state index in [2.05, 4.69) is 24.0 Å². The molecule has 0 atom stereocenters. The smallest absolute Gasteiger partial charge is 0.0991 e. The molecule has 0 aromatic heterocycles. The molecule has 1 aromatic carbocycles. The van der Waals surface area contributed by atoms with Crippen molar-refractivity contribution in [1.82, 2.24) is 4.90 Å². The van der Waals surface area contributed by atoms with Crippen LogP contribution in [-0.2, 0) is 6.54 Å². The second-order valence-electron chi connectivity index (χ2n) is 4.77. The van der Waals surface area contributed by atoms with Crippen LogP contribution in [0.3, 0.4) is 0 Å². The van der Waals surface area contributed by atoms with Crippen LogP contribution < -0.4 is 0 Å². The minimum Gasteiger partial charge on any atom is -0.299 e. The van der Waals surface area contributed by atoms with Gasteiger partial charge >= 0.3 is 0 Å². The van der Waals surface area contributed by atoms with Gasteiger partial charge in [0.2, 0.25) is 0 Å². The number of likely N-dealkylation sites (tertiary alicyclic amines) is 1. The van der Waals surface area contributed by atoms with Crippen molar-refractivity contribution in [3.8, 4) is 6.07 Å². The Morgan fingerprint density at radius 3 is 2.56 bits per heavy atom. The van der Waals surface area contributed by atoms with E-state index in [1.807, 2.05) is 32.0 Å². The highest BCUT2D eigenvalue weighted by atomic mass is 15.1. The number of hydrogen-bond acceptors (Lipinski definition) is 2. The van der Waals surface area contributed by atoms with Crippen molar-refractivity contribution in [1.29, 1.82) is 5.26 Å². The van der Waals surface area contributed by atoms with E-state index in [-0.39, 0.29) is 0 Å². The zero-order valence-electron chi connectivity index (χ0n) is 11.8. The summed E-state index contributed by atoms with van der Waals surface area (Å²) in [4.78, 5) is 2.48. The van der Waals surface area contributed by atoms with Gasteiger partial charge in [-0.3, -0.25) is 4.90 Å². The fraction of sp³-hybridized carbons (Fsp3) is 0.562. The van der Waals surface area contributed by atoms with Gasteiger partial charge in [-0.15, -0.1) is 0 Å². The molecule has 0 spiro atoms. The van der Waals surface area contributed by atoms with Gasteiger partial charge in [-0.1, -0.05) is 32.9 Å². The zero-order valence-corrected chi connectivity index (χ0v) is 11.8. The molecule has 0 radical (unpaired) electrons. The third-order valence-corrected chi connectivity index (χ3v) is 3.34. The molecular weight excluding hydrogens is 220 g/mol. The van der Waals surface area contributed by atoms with E-state index in [1.54, 1.807) is 0 Å². The van der Waals surface area contributed by atoms with Crippen molar-refractivity contribution >= 4 is 0 Å². The van der Waals surface area contributed by atoms with Crippen LogP contribution in [0, 0.1) is 17.2 Å². The topological polar surface area (TPSA) is 27.0 Å². The molecule has 1 saturated heterocycles. The average molecular weight is 244 g/mol. The van der Waals surface area contributed by atoms with Gasteiger partial charge in [-0.25, -0.2) is 0 Å². The molecule has 2 nitrogen and oxygen atoms in total. The van der Waals surface area contributed by atoms with Gasteiger partial charge in [0.05, 0.1) is 11.6 Å². The van der Waals surface area contributed by atoms with Gasteiger partial charge < -0.3 is 0 Å². The summed E-state index contributed by atoms with van der Waals surface area (Å²) in [5.74, 6) is 0.877. The van der Waals surface area contributed by atoms with Crippen LogP contribution in [0.1, 0.15) is 44.7 Å². The van der Waals surface area contributed by atoms with Crippen LogP contribution >= 0.6 is 0 Å². The SMILES string of the molecule is CC.CC1CCN(Cc2cccc(C#N)c2)CC1. The second kappa shape index (κ2) is 7.89. The average Bonchev–Trinajstić information content (AvgIpc) is 2.44. The summed E-state index contributed by atoms with van der Waals surface area (Å²) in [7, 11) is 0. The number of hydrogen-bond donors (Lipinski definition) is 0. The first-order valence-electron chi connectivity index (χ1n) is 6.99. The van der Waals surface area contributed by atoms with E-state index in [0.29, 0.717) is 0 Å². The molecule has 1 aromatic rings. The molecule has 0 N–H and O–H groups in total. The van der Waals surface area contributed by atoms with Crippen LogP contribution in [-0.4, -0.2) is 18.0 Å². The lowest BCUT2D eigenvalue weighted by Gasteiger charge is -2.30. The van der Waals surface area contributed by atoms with Gasteiger partial charge in [0.25, 0.3) is 0 Å². The fourth-order valence-corrected chi connectivity index (χ4v) is 2.22. The predicted octanol–water partition coefficient (Wildman–Crippen LogP) is 3.82. The Kier molecular flexibility index (Phi) is 6.46. The molecule has 0 amide bonds. The van der Waals surface area contributed by atoms with E-state index in [1.165, 1.54) is 31.5 Å². The summed E-state index contributed by atoms with van der Waals surface area (Å²) in [5.41, 5.74) is 2.02. The minimum atomic E-state index is 0.767. The van der Waals surface area contributed by atoms with E-state index in [9.17, 15) is 0 Å². The standard InChI is InChI=1S/C14H18N2.C2H6/c1-12-5-7-16(8-6-12)11-14-4-2-3-13(9-14)10-15;1-2/h2-4,9,12H,5-8,11H2,1H3;1-2H3. The largest absolute Gasteiger partial charge is 0.299 e. The van der Waals surface area contributed by atoms with E-state index < -0.39 is 0 Å². The molecule has 0 unspecified atom stereocenters. The van der Waals surface area contributed by atoms with Crippen LogP contribution in [0.4, 0.5) is 0 Å². The molecule has 2 rings (SSSR count). The molecule has 1 aliphatic rings. The third kappa shape index (κ3) is 4.50. The van der Waals surface area contributed by atoms with Crippen LogP contribution in [0.25, 0.3) is 0 Å². The number of rotatable bonds is 2. The van der Waals surface area contributed by atoms with Crippen LogP contribution in [0.15, 0.2) is 24.3 Å². The molecule has 1 fully saturated rings. The highest BCUT2D eigenvalue weighted by molar-refractivity contribution is 5.32. The maximum Gasteiger partial charge on any atom is 0.0991 e. The molecule has 0 aliphatic carbocycles. The van der Waals surface area contributed by atoms with Crippen molar-refractivity contribution in [2.45, 2.75) is 40.2 Å². The van der Waals surface area contributed by atoms with Crippen molar-refractivity contribution in [3.05, 3.63) is 35.4 Å². The normalized spacial score (nSPS) is 16.6. The Balaban J connectivity index is 0.000000771. The predicted molar refractivity (Wildman–Crippen MR) is 76.2 cm³/mol. The highest BCUT2D eigenvalue weighted by Crippen LogP contribution is 2.18. The molecule has 2 heteroatoms. The van der Waals surface area contributed by atoms with Gasteiger partial charge in [-0.05, 0) is 49.5 Å². The number of nitrogens with zero attached hydrogens (tertiary/aromatic N) is 2. The van der Waals surface area contributed by atoms with Crippen molar-refractivity contribution in [3.63, 3.8) is 0 Å². The van der Waals surface area contributed by atoms with Crippen molar-refractivity contribution < 1.29 is 0 Å². The third-order valence-electron chi connectivity index (χ3n) is 3.34. The molecule has 1 aliphatic heterocycles. The fourth-order valence-electron chi connectivity index (χ4n) is 2.22. The molecule has 1 heterocycles. The van der Waals surface area contributed by atoms with Crippen molar-refractivity contribution in [2.75, 3.05) is 13.1 Å². The number of piperidine rings is 1. The molecule has 18 heavy (non-hydrogen) atoms. The Morgan fingerprint density at radius 2 is 1.94 bits per heavy atom. The lowest BCUT2D eigenvalue weighted by Crippen LogP contribution is -2.32. The lowest BCUT2D eigenvalue weighted by molar-refractivity contribution is 0.185.